The third-order valence-corrected chi connectivity index (χ3v) is 5.67. The molecule has 2 aromatic carbocycles. The number of nitrogens with zero attached hydrogens (tertiary/aromatic N) is 4. The molecule has 0 radical (unpaired) electrons. The number of nitrogens with one attached hydrogen (secondary N) is 1. The van der Waals surface area contributed by atoms with Crippen molar-refractivity contribution in [2.75, 3.05) is 40.3 Å². The Kier molecular flexibility index (Phi) is 6.29. The summed E-state index contributed by atoms with van der Waals surface area (Å²) in [5.41, 5.74) is 1.34. The van der Waals surface area contributed by atoms with Crippen molar-refractivity contribution in [3.8, 4) is 5.75 Å². The Bertz CT molecular complexity index is 1120. The molecule has 1 N–H and O–H groups in total. The van der Waals surface area contributed by atoms with E-state index in [0.29, 0.717) is 17.4 Å². The number of rotatable bonds is 6. The van der Waals surface area contributed by atoms with Gasteiger partial charge in [0, 0.05) is 45.2 Å². The summed E-state index contributed by atoms with van der Waals surface area (Å²) in [7, 11) is 3.23. The largest absolute Gasteiger partial charge is 0.497 e. The minimum Gasteiger partial charge on any atom is -0.497 e. The van der Waals surface area contributed by atoms with Crippen LogP contribution in [0.1, 0.15) is 16.1 Å². The van der Waals surface area contributed by atoms with Gasteiger partial charge >= 0.3 is 0 Å². The lowest BCUT2D eigenvalue weighted by atomic mass is 10.1. The summed E-state index contributed by atoms with van der Waals surface area (Å²) in [4.78, 5) is 29.9. The van der Waals surface area contributed by atoms with Gasteiger partial charge in [-0.3, -0.25) is 19.4 Å². The van der Waals surface area contributed by atoms with Crippen LogP contribution in [0.5, 0.6) is 5.75 Å². The molecule has 3 aromatic rings. The predicted molar refractivity (Wildman–Crippen MR) is 119 cm³/mol. The second kappa shape index (κ2) is 9.28. The van der Waals surface area contributed by atoms with Crippen molar-refractivity contribution in [2.45, 2.75) is 13.2 Å². The van der Waals surface area contributed by atoms with E-state index in [9.17, 15) is 9.59 Å². The molecule has 1 saturated heterocycles. The number of amides is 1. The Morgan fingerprint density at radius 1 is 1.00 bits per heavy atom. The lowest BCUT2D eigenvalue weighted by Gasteiger charge is -2.34. The van der Waals surface area contributed by atoms with Gasteiger partial charge in [0.15, 0.2) is 5.69 Å². The minimum absolute atomic E-state index is 0.177. The van der Waals surface area contributed by atoms with Crippen LogP contribution in [-0.2, 0) is 13.2 Å². The number of fused-ring (bicyclic) bond motifs is 1. The zero-order valence-electron chi connectivity index (χ0n) is 17.9. The van der Waals surface area contributed by atoms with Gasteiger partial charge in [0.25, 0.3) is 11.5 Å². The van der Waals surface area contributed by atoms with Crippen molar-refractivity contribution >= 4 is 16.7 Å². The van der Waals surface area contributed by atoms with Gasteiger partial charge in [0.1, 0.15) is 5.75 Å². The van der Waals surface area contributed by atoms with Gasteiger partial charge in [-0.05, 0) is 23.8 Å². The van der Waals surface area contributed by atoms with Crippen LogP contribution in [0.2, 0.25) is 0 Å². The van der Waals surface area contributed by atoms with Crippen molar-refractivity contribution in [3.63, 3.8) is 0 Å². The first-order chi connectivity index (χ1) is 15.1. The molecule has 0 unspecified atom stereocenters. The monoisotopic (exact) mass is 421 g/mol. The van der Waals surface area contributed by atoms with E-state index < -0.39 is 0 Å². The molecule has 0 atom stereocenters. The van der Waals surface area contributed by atoms with E-state index in [-0.39, 0.29) is 17.2 Å². The predicted octanol–water partition coefficient (Wildman–Crippen LogP) is 1.54. The van der Waals surface area contributed by atoms with Crippen LogP contribution in [0.15, 0.2) is 53.3 Å². The molecule has 0 aliphatic carbocycles. The lowest BCUT2D eigenvalue weighted by molar-refractivity contribution is 0.0926. The first-order valence-corrected chi connectivity index (χ1v) is 10.4. The molecular weight excluding hydrogens is 394 g/mol. The number of benzene rings is 2. The highest BCUT2D eigenvalue weighted by Crippen LogP contribution is 2.15. The van der Waals surface area contributed by atoms with Crippen LogP contribution in [0, 0.1) is 0 Å². The number of aromatic nitrogens is 2. The maximum Gasteiger partial charge on any atom is 0.275 e. The van der Waals surface area contributed by atoms with Crippen molar-refractivity contribution in [3.05, 3.63) is 70.1 Å². The number of hydrogen-bond acceptors (Lipinski definition) is 6. The van der Waals surface area contributed by atoms with Gasteiger partial charge in [-0.2, -0.15) is 5.10 Å². The number of carbonyl (C=O) groups excluding carboxylic acids is 1. The average Bonchev–Trinajstić information content (AvgIpc) is 2.82. The summed E-state index contributed by atoms with van der Waals surface area (Å²) in [6.45, 7) is 4.70. The number of piperazine rings is 1. The molecule has 8 nitrogen and oxygen atoms in total. The molecule has 1 aliphatic heterocycles. The average molecular weight is 422 g/mol. The molecule has 1 amide bonds. The topological polar surface area (TPSA) is 79.7 Å². The lowest BCUT2D eigenvalue weighted by Crippen LogP contribution is -2.47. The summed E-state index contributed by atoms with van der Waals surface area (Å²) >= 11 is 0. The molecule has 1 aromatic heterocycles. The fraction of sp³-hybridized carbons (Fsp3) is 0.348. The molecule has 1 aliphatic rings. The molecule has 2 heterocycles. The third kappa shape index (κ3) is 4.60. The van der Waals surface area contributed by atoms with Gasteiger partial charge in [0.05, 0.1) is 19.2 Å². The zero-order chi connectivity index (χ0) is 21.8. The zero-order valence-corrected chi connectivity index (χ0v) is 17.9. The van der Waals surface area contributed by atoms with E-state index in [0.717, 1.165) is 38.5 Å². The maximum atomic E-state index is 12.9. The van der Waals surface area contributed by atoms with E-state index >= 15 is 0 Å². The molecule has 0 spiro atoms. The van der Waals surface area contributed by atoms with Gasteiger partial charge in [-0.1, -0.05) is 30.3 Å². The second-order valence-corrected chi connectivity index (χ2v) is 7.66. The second-order valence-electron chi connectivity index (χ2n) is 7.66. The van der Waals surface area contributed by atoms with Crippen molar-refractivity contribution in [1.29, 1.82) is 0 Å². The molecule has 162 valence electrons. The summed E-state index contributed by atoms with van der Waals surface area (Å²) in [5.74, 6) is 0.562. The van der Waals surface area contributed by atoms with Crippen LogP contribution in [0.25, 0.3) is 10.8 Å². The smallest absolute Gasteiger partial charge is 0.275 e. The van der Waals surface area contributed by atoms with Crippen molar-refractivity contribution in [1.82, 2.24) is 24.9 Å². The Balaban J connectivity index is 1.45. The van der Waals surface area contributed by atoms with Gasteiger partial charge in [0.2, 0.25) is 0 Å². The highest BCUT2D eigenvalue weighted by Gasteiger charge is 2.20. The fourth-order valence-corrected chi connectivity index (χ4v) is 3.88. The molecule has 8 heteroatoms. The van der Waals surface area contributed by atoms with E-state index in [1.165, 1.54) is 10.2 Å². The SMILES string of the molecule is CNC(=O)c1nn(CN2CCN(Cc3ccc(OC)cc3)CC2)c(=O)c2ccccc12. The summed E-state index contributed by atoms with van der Waals surface area (Å²) in [6.07, 6.45) is 0. The number of hydrogen-bond donors (Lipinski definition) is 1. The molecule has 0 bridgehead atoms. The Morgan fingerprint density at radius 2 is 1.65 bits per heavy atom. The van der Waals surface area contributed by atoms with E-state index in [1.54, 1.807) is 32.4 Å². The fourth-order valence-electron chi connectivity index (χ4n) is 3.88. The van der Waals surface area contributed by atoms with E-state index in [2.05, 4.69) is 32.3 Å². The highest BCUT2D eigenvalue weighted by atomic mass is 16.5. The maximum absolute atomic E-state index is 12.9. The molecule has 4 rings (SSSR count). The third-order valence-electron chi connectivity index (χ3n) is 5.67. The molecule has 1 fully saturated rings. The Labute approximate surface area is 181 Å². The number of carbonyl (C=O) groups is 1. The first kappa shape index (κ1) is 21.0. The summed E-state index contributed by atoms with van der Waals surface area (Å²) in [6, 6.07) is 15.3. The van der Waals surface area contributed by atoms with Gasteiger partial charge in [-0.15, -0.1) is 0 Å². The van der Waals surface area contributed by atoms with Gasteiger partial charge < -0.3 is 10.1 Å². The van der Waals surface area contributed by atoms with E-state index in [1.807, 2.05) is 18.2 Å². The Hall–Kier alpha value is -3.23. The number of ether oxygens (including phenoxy) is 1. The normalized spacial score (nSPS) is 15.2. The summed E-state index contributed by atoms with van der Waals surface area (Å²) in [5, 5.41) is 8.09. The van der Waals surface area contributed by atoms with Crippen molar-refractivity contribution < 1.29 is 9.53 Å². The quantitative estimate of drug-likeness (QED) is 0.651. The number of methoxy groups -OCH3 is 1. The van der Waals surface area contributed by atoms with Crippen LogP contribution < -0.4 is 15.6 Å². The minimum atomic E-state index is -0.297. The molecule has 0 saturated carbocycles. The van der Waals surface area contributed by atoms with Crippen LogP contribution in [-0.4, -0.2) is 65.8 Å². The van der Waals surface area contributed by atoms with Crippen LogP contribution in [0.4, 0.5) is 0 Å². The van der Waals surface area contributed by atoms with Crippen molar-refractivity contribution in [2.24, 2.45) is 0 Å². The molecule has 31 heavy (non-hydrogen) atoms. The van der Waals surface area contributed by atoms with E-state index in [4.69, 9.17) is 4.74 Å². The van der Waals surface area contributed by atoms with Crippen LogP contribution >= 0.6 is 0 Å². The molecular formula is C23H27N5O3. The standard InChI is InChI=1S/C23H27N5O3/c1-24-22(29)21-19-5-3-4-6-20(19)23(30)28(25-21)16-27-13-11-26(12-14-27)15-17-7-9-18(31-2)10-8-17/h3-10H,11-16H2,1-2H3,(H,24,29). The van der Waals surface area contributed by atoms with Crippen LogP contribution in [0.3, 0.4) is 0 Å². The summed E-state index contributed by atoms with van der Waals surface area (Å²) < 4.78 is 6.63. The highest BCUT2D eigenvalue weighted by molar-refractivity contribution is 6.04. The Morgan fingerprint density at radius 3 is 2.29 bits per heavy atom. The van der Waals surface area contributed by atoms with Gasteiger partial charge in [-0.25, -0.2) is 4.68 Å². The first-order valence-electron chi connectivity index (χ1n) is 10.4.